The Morgan fingerprint density at radius 3 is 2.95 bits per heavy atom. The van der Waals surface area contributed by atoms with Crippen molar-refractivity contribution in [1.29, 1.82) is 0 Å². The number of anilines is 1. The molecule has 1 aromatic rings. The predicted octanol–water partition coefficient (Wildman–Crippen LogP) is 2.51. The first kappa shape index (κ1) is 16.2. The number of nitro benzene ring substituents is 1. The summed E-state index contributed by atoms with van der Waals surface area (Å²) in [7, 11) is 4.02. The molecule has 2 rings (SSSR count). The van der Waals surface area contributed by atoms with Gasteiger partial charge in [0.2, 0.25) is 0 Å². The van der Waals surface area contributed by atoms with Gasteiger partial charge in [0.05, 0.1) is 17.6 Å². The maximum atomic E-state index is 11.2. The van der Waals surface area contributed by atoms with E-state index in [1.807, 2.05) is 25.1 Å². The standard InChI is InChI=1S/C14H20BrN3O3/c1-16(2)7-8-21-12-5-6-17(10-12)13-4-3-11(15)9-14(13)18(19)20/h3-4,9,12H,5-8,10H2,1-2H3/t12-/m0/s1. The molecule has 0 saturated carbocycles. The molecule has 21 heavy (non-hydrogen) atoms. The highest BCUT2D eigenvalue weighted by molar-refractivity contribution is 9.10. The Balaban J connectivity index is 1.99. The first-order chi connectivity index (χ1) is 9.97. The Hall–Kier alpha value is -1.18. The zero-order chi connectivity index (χ0) is 15.4. The average Bonchev–Trinajstić information content (AvgIpc) is 2.86. The van der Waals surface area contributed by atoms with E-state index in [-0.39, 0.29) is 16.7 Å². The van der Waals surface area contributed by atoms with Crippen LogP contribution in [0.2, 0.25) is 0 Å². The third kappa shape index (κ3) is 4.39. The molecule has 0 aliphatic carbocycles. The van der Waals surface area contributed by atoms with Gasteiger partial charge in [-0.25, -0.2) is 0 Å². The van der Waals surface area contributed by atoms with Crippen LogP contribution in [0.3, 0.4) is 0 Å². The van der Waals surface area contributed by atoms with Crippen LogP contribution in [0.1, 0.15) is 6.42 Å². The minimum absolute atomic E-state index is 0.137. The monoisotopic (exact) mass is 357 g/mol. The zero-order valence-corrected chi connectivity index (χ0v) is 13.9. The van der Waals surface area contributed by atoms with E-state index in [1.54, 1.807) is 12.1 Å². The Morgan fingerprint density at radius 2 is 2.29 bits per heavy atom. The third-order valence-corrected chi connectivity index (χ3v) is 4.01. The van der Waals surface area contributed by atoms with Gasteiger partial charge >= 0.3 is 0 Å². The lowest BCUT2D eigenvalue weighted by atomic mass is 10.2. The van der Waals surface area contributed by atoms with Crippen molar-refractivity contribution < 1.29 is 9.66 Å². The number of halogens is 1. The van der Waals surface area contributed by atoms with Crippen molar-refractivity contribution >= 4 is 27.3 Å². The minimum Gasteiger partial charge on any atom is -0.375 e. The van der Waals surface area contributed by atoms with Crippen LogP contribution >= 0.6 is 15.9 Å². The predicted molar refractivity (Wildman–Crippen MR) is 85.9 cm³/mol. The summed E-state index contributed by atoms with van der Waals surface area (Å²) in [5.41, 5.74) is 0.806. The van der Waals surface area contributed by atoms with Crippen molar-refractivity contribution in [3.05, 3.63) is 32.8 Å². The van der Waals surface area contributed by atoms with E-state index >= 15 is 0 Å². The summed E-state index contributed by atoms with van der Waals surface area (Å²) in [6, 6.07) is 5.18. The second-order valence-corrected chi connectivity index (χ2v) is 6.34. The first-order valence-corrected chi connectivity index (χ1v) is 7.72. The van der Waals surface area contributed by atoms with Crippen LogP contribution in [-0.4, -0.2) is 56.3 Å². The first-order valence-electron chi connectivity index (χ1n) is 6.92. The Bertz CT molecular complexity index is 510. The van der Waals surface area contributed by atoms with Crippen molar-refractivity contribution in [3.8, 4) is 0 Å². The van der Waals surface area contributed by atoms with Gasteiger partial charge < -0.3 is 14.5 Å². The van der Waals surface area contributed by atoms with E-state index in [2.05, 4.69) is 20.8 Å². The number of ether oxygens (including phenoxy) is 1. The molecule has 1 heterocycles. The van der Waals surface area contributed by atoms with E-state index in [9.17, 15) is 10.1 Å². The second-order valence-electron chi connectivity index (χ2n) is 5.42. The van der Waals surface area contributed by atoms with Crippen molar-refractivity contribution in [2.24, 2.45) is 0 Å². The molecule has 0 unspecified atom stereocenters. The number of hydrogen-bond donors (Lipinski definition) is 0. The summed E-state index contributed by atoms with van der Waals surface area (Å²) in [4.78, 5) is 15.0. The van der Waals surface area contributed by atoms with Gasteiger partial charge in [-0.15, -0.1) is 0 Å². The molecular weight excluding hydrogens is 338 g/mol. The largest absolute Gasteiger partial charge is 0.375 e. The summed E-state index contributed by atoms with van der Waals surface area (Å²) < 4.78 is 6.55. The maximum absolute atomic E-state index is 11.2. The molecule has 0 N–H and O–H groups in total. The van der Waals surface area contributed by atoms with Crippen LogP contribution < -0.4 is 4.90 Å². The SMILES string of the molecule is CN(C)CCO[C@H]1CCN(c2ccc(Br)cc2[N+](=O)[O-])C1. The highest BCUT2D eigenvalue weighted by atomic mass is 79.9. The van der Waals surface area contributed by atoms with Crippen LogP contribution in [0.5, 0.6) is 0 Å². The number of hydrogen-bond acceptors (Lipinski definition) is 5. The molecule has 0 radical (unpaired) electrons. The molecule has 1 aromatic carbocycles. The summed E-state index contributed by atoms with van der Waals surface area (Å²) in [6.07, 6.45) is 1.05. The molecule has 1 aliphatic rings. The van der Waals surface area contributed by atoms with Crippen LogP contribution in [0.4, 0.5) is 11.4 Å². The molecule has 116 valence electrons. The molecule has 1 atom stereocenters. The maximum Gasteiger partial charge on any atom is 0.293 e. The Morgan fingerprint density at radius 1 is 1.52 bits per heavy atom. The summed E-state index contributed by atoms with van der Waals surface area (Å²) in [5.74, 6) is 0. The van der Waals surface area contributed by atoms with Gasteiger partial charge in [-0.1, -0.05) is 15.9 Å². The van der Waals surface area contributed by atoms with Crippen molar-refractivity contribution in [2.45, 2.75) is 12.5 Å². The Kier molecular flexibility index (Phi) is 5.55. The lowest BCUT2D eigenvalue weighted by Gasteiger charge is -2.19. The quantitative estimate of drug-likeness (QED) is 0.578. The highest BCUT2D eigenvalue weighted by Crippen LogP contribution is 2.33. The number of nitrogens with zero attached hydrogens (tertiary/aromatic N) is 3. The van der Waals surface area contributed by atoms with Gasteiger partial charge in [0.25, 0.3) is 5.69 Å². The summed E-state index contributed by atoms with van der Waals surface area (Å²) >= 11 is 3.28. The molecule has 0 spiro atoms. The fourth-order valence-corrected chi connectivity index (χ4v) is 2.74. The van der Waals surface area contributed by atoms with Gasteiger partial charge in [0.1, 0.15) is 5.69 Å². The molecule has 1 aliphatic heterocycles. The van der Waals surface area contributed by atoms with Crippen molar-refractivity contribution in [3.63, 3.8) is 0 Å². The number of rotatable bonds is 6. The summed E-state index contributed by atoms with van der Waals surface area (Å²) in [6.45, 7) is 3.06. The van der Waals surface area contributed by atoms with Gasteiger partial charge in [-0.3, -0.25) is 10.1 Å². The lowest BCUT2D eigenvalue weighted by Crippen LogP contribution is -2.26. The summed E-state index contributed by atoms with van der Waals surface area (Å²) in [5, 5.41) is 11.2. The molecule has 0 aromatic heterocycles. The van der Waals surface area contributed by atoms with E-state index in [0.29, 0.717) is 18.8 Å². The van der Waals surface area contributed by atoms with Gasteiger partial charge in [-0.2, -0.15) is 0 Å². The number of benzene rings is 1. The van der Waals surface area contributed by atoms with Crippen LogP contribution in [-0.2, 0) is 4.74 Å². The molecule has 6 nitrogen and oxygen atoms in total. The topological polar surface area (TPSA) is 58.8 Å². The van der Waals surface area contributed by atoms with E-state index in [0.717, 1.165) is 24.0 Å². The highest BCUT2D eigenvalue weighted by Gasteiger charge is 2.28. The van der Waals surface area contributed by atoms with E-state index in [4.69, 9.17) is 4.74 Å². The smallest absolute Gasteiger partial charge is 0.293 e. The molecular formula is C14H20BrN3O3. The minimum atomic E-state index is -0.333. The van der Waals surface area contributed by atoms with Crippen LogP contribution in [0, 0.1) is 10.1 Å². The van der Waals surface area contributed by atoms with Crippen molar-refractivity contribution in [1.82, 2.24) is 4.90 Å². The van der Waals surface area contributed by atoms with Gasteiger partial charge in [0, 0.05) is 30.2 Å². The zero-order valence-electron chi connectivity index (χ0n) is 12.3. The molecule has 0 bridgehead atoms. The normalized spacial score (nSPS) is 18.5. The molecule has 1 saturated heterocycles. The lowest BCUT2D eigenvalue weighted by molar-refractivity contribution is -0.384. The average molecular weight is 358 g/mol. The van der Waals surface area contributed by atoms with E-state index < -0.39 is 0 Å². The fraction of sp³-hybridized carbons (Fsp3) is 0.571. The van der Waals surface area contributed by atoms with Crippen molar-refractivity contribution in [2.75, 3.05) is 45.2 Å². The number of nitro groups is 1. The fourth-order valence-electron chi connectivity index (χ4n) is 2.40. The number of likely N-dealkylation sites (N-methyl/N-ethyl adjacent to an activating group) is 1. The van der Waals surface area contributed by atoms with E-state index in [1.165, 1.54) is 0 Å². The molecule has 0 amide bonds. The molecule has 1 fully saturated rings. The van der Waals surface area contributed by atoms with Gasteiger partial charge in [-0.05, 0) is 32.6 Å². The Labute approximate surface area is 132 Å². The third-order valence-electron chi connectivity index (χ3n) is 3.51. The molecule has 7 heteroatoms. The van der Waals surface area contributed by atoms with Crippen LogP contribution in [0.25, 0.3) is 0 Å². The van der Waals surface area contributed by atoms with Crippen LogP contribution in [0.15, 0.2) is 22.7 Å². The second kappa shape index (κ2) is 7.20. The van der Waals surface area contributed by atoms with Gasteiger partial charge in [0.15, 0.2) is 0 Å².